The summed E-state index contributed by atoms with van der Waals surface area (Å²) in [4.78, 5) is 17.6. The van der Waals surface area contributed by atoms with Crippen LogP contribution in [0.1, 0.15) is 22.0 Å². The summed E-state index contributed by atoms with van der Waals surface area (Å²) in [6.45, 7) is 1.77. The number of thioether (sulfide) groups is 1. The Labute approximate surface area is 201 Å². The van der Waals surface area contributed by atoms with Gasteiger partial charge in [0.2, 0.25) is 5.91 Å². The summed E-state index contributed by atoms with van der Waals surface area (Å²) < 4.78 is 22.3. The molecule has 0 saturated carbocycles. The molecule has 0 bridgehead atoms. The van der Waals surface area contributed by atoms with Crippen molar-refractivity contribution in [3.63, 3.8) is 0 Å². The van der Waals surface area contributed by atoms with Gasteiger partial charge in [0.15, 0.2) is 23.0 Å². The molecule has 3 heterocycles. The lowest BCUT2D eigenvalue weighted by molar-refractivity contribution is -0.130. The molecule has 2 aliphatic heterocycles. The van der Waals surface area contributed by atoms with E-state index in [4.69, 9.17) is 18.9 Å². The van der Waals surface area contributed by atoms with Gasteiger partial charge < -0.3 is 23.8 Å². The van der Waals surface area contributed by atoms with E-state index < -0.39 is 0 Å². The van der Waals surface area contributed by atoms with Crippen molar-refractivity contribution in [2.24, 2.45) is 0 Å². The normalized spacial score (nSPS) is 16.8. The third-order valence-electron chi connectivity index (χ3n) is 5.88. The zero-order chi connectivity index (χ0) is 22.8. The Bertz CT molecular complexity index is 1150. The Morgan fingerprint density at radius 1 is 1.09 bits per heavy atom. The molecule has 172 valence electrons. The molecule has 0 fully saturated rings. The average Bonchev–Trinajstić information content (AvgIpc) is 3.40. The lowest BCUT2D eigenvalue weighted by Gasteiger charge is -2.37. The summed E-state index contributed by atoms with van der Waals surface area (Å²) in [7, 11) is 3.29. The first-order chi connectivity index (χ1) is 16.2. The van der Waals surface area contributed by atoms with Crippen LogP contribution in [0.3, 0.4) is 0 Å². The predicted molar refractivity (Wildman–Crippen MR) is 129 cm³/mol. The van der Waals surface area contributed by atoms with Crippen LogP contribution < -0.4 is 18.9 Å². The summed E-state index contributed by atoms with van der Waals surface area (Å²) >= 11 is 3.19. The van der Waals surface area contributed by atoms with Crippen molar-refractivity contribution in [3.8, 4) is 23.0 Å². The second-order valence-electron chi connectivity index (χ2n) is 7.76. The van der Waals surface area contributed by atoms with E-state index in [1.807, 2.05) is 41.3 Å². The second-order valence-corrected chi connectivity index (χ2v) is 9.78. The van der Waals surface area contributed by atoms with Gasteiger partial charge in [-0.2, -0.15) is 0 Å². The van der Waals surface area contributed by atoms with Gasteiger partial charge in [0.25, 0.3) is 0 Å². The highest BCUT2D eigenvalue weighted by Gasteiger charge is 2.34. The van der Waals surface area contributed by atoms with Gasteiger partial charge in [0, 0.05) is 16.3 Å². The number of amides is 1. The molecular weight excluding hydrogens is 458 g/mol. The molecule has 0 spiro atoms. The van der Waals surface area contributed by atoms with Crippen LogP contribution in [0.2, 0.25) is 0 Å². The fraction of sp³-hybridized carbons (Fsp3) is 0.320. The second kappa shape index (κ2) is 9.57. The monoisotopic (exact) mass is 483 g/mol. The molecule has 0 radical (unpaired) electrons. The van der Waals surface area contributed by atoms with Gasteiger partial charge in [-0.15, -0.1) is 23.1 Å². The summed E-state index contributed by atoms with van der Waals surface area (Å²) in [5.41, 5.74) is 2.29. The number of ether oxygens (including phenoxy) is 4. The van der Waals surface area contributed by atoms with Crippen LogP contribution >= 0.6 is 23.1 Å². The maximum atomic E-state index is 13.5. The number of fused-ring (bicyclic) bond motifs is 2. The number of benzene rings is 2. The molecule has 6 nitrogen and oxygen atoms in total. The van der Waals surface area contributed by atoms with Crippen LogP contribution in [0.5, 0.6) is 23.0 Å². The van der Waals surface area contributed by atoms with E-state index in [2.05, 4.69) is 11.4 Å². The standard InChI is InChI=1S/C25H25NO5S2/c1-28-20-12-16-7-8-26(25(23-4-3-11-32-23)18(16)14-21(20)29-2)24(27)15-33-17-5-6-19-22(13-17)31-10-9-30-19/h3-6,11-14,25H,7-10,15H2,1-2H3. The average molecular weight is 484 g/mol. The SMILES string of the molecule is COc1cc2c(cc1OC)C(c1cccs1)N(C(=O)CSc1ccc3c(c1)OCCO3)CC2. The van der Waals surface area contributed by atoms with Crippen molar-refractivity contribution < 1.29 is 23.7 Å². The first-order valence-corrected chi connectivity index (χ1v) is 12.6. The zero-order valence-corrected chi connectivity index (χ0v) is 20.2. The van der Waals surface area contributed by atoms with Gasteiger partial charge in [-0.3, -0.25) is 4.79 Å². The van der Waals surface area contributed by atoms with Gasteiger partial charge >= 0.3 is 0 Å². The number of nitrogens with zero attached hydrogens (tertiary/aromatic N) is 1. The number of rotatable bonds is 6. The van der Waals surface area contributed by atoms with Crippen molar-refractivity contribution in [3.05, 3.63) is 63.8 Å². The molecule has 2 aromatic carbocycles. The largest absolute Gasteiger partial charge is 0.493 e. The van der Waals surface area contributed by atoms with Crippen LogP contribution in [0.25, 0.3) is 0 Å². The number of thiophene rings is 1. The summed E-state index contributed by atoms with van der Waals surface area (Å²) in [5, 5.41) is 2.05. The highest BCUT2D eigenvalue weighted by molar-refractivity contribution is 8.00. The van der Waals surface area contributed by atoms with Crippen molar-refractivity contribution >= 4 is 29.0 Å². The van der Waals surface area contributed by atoms with E-state index in [-0.39, 0.29) is 11.9 Å². The highest BCUT2D eigenvalue weighted by Crippen LogP contribution is 2.42. The topological polar surface area (TPSA) is 57.2 Å². The summed E-state index contributed by atoms with van der Waals surface area (Å²) in [5.74, 6) is 3.35. The first-order valence-electron chi connectivity index (χ1n) is 10.8. The quantitative estimate of drug-likeness (QED) is 0.470. The molecule has 3 aromatic rings. The molecule has 0 N–H and O–H groups in total. The zero-order valence-electron chi connectivity index (χ0n) is 18.5. The molecule has 5 rings (SSSR count). The van der Waals surface area contributed by atoms with Crippen LogP contribution in [-0.4, -0.2) is 50.5 Å². The minimum atomic E-state index is -0.137. The number of methoxy groups -OCH3 is 2. The Hall–Kier alpha value is -2.84. The van der Waals surface area contributed by atoms with E-state index in [0.29, 0.717) is 31.3 Å². The van der Waals surface area contributed by atoms with Crippen LogP contribution in [-0.2, 0) is 11.2 Å². The van der Waals surface area contributed by atoms with E-state index in [0.717, 1.165) is 39.0 Å². The van der Waals surface area contributed by atoms with Gasteiger partial charge in [0.05, 0.1) is 26.0 Å². The Morgan fingerprint density at radius 3 is 2.64 bits per heavy atom. The Morgan fingerprint density at radius 2 is 1.88 bits per heavy atom. The lowest BCUT2D eigenvalue weighted by Crippen LogP contribution is -2.41. The predicted octanol–water partition coefficient (Wildman–Crippen LogP) is 4.80. The van der Waals surface area contributed by atoms with E-state index in [1.54, 1.807) is 25.6 Å². The van der Waals surface area contributed by atoms with E-state index >= 15 is 0 Å². The first kappa shape index (κ1) is 22.0. The van der Waals surface area contributed by atoms with Crippen LogP contribution in [0.15, 0.2) is 52.7 Å². The molecule has 33 heavy (non-hydrogen) atoms. The highest BCUT2D eigenvalue weighted by atomic mass is 32.2. The molecule has 8 heteroatoms. The van der Waals surface area contributed by atoms with Crippen LogP contribution in [0.4, 0.5) is 0 Å². The molecule has 0 saturated heterocycles. The van der Waals surface area contributed by atoms with Crippen LogP contribution in [0, 0.1) is 0 Å². The maximum Gasteiger partial charge on any atom is 0.233 e. The third kappa shape index (κ3) is 4.37. The minimum Gasteiger partial charge on any atom is -0.493 e. The molecule has 0 aliphatic carbocycles. The molecule has 1 amide bonds. The van der Waals surface area contributed by atoms with E-state index in [9.17, 15) is 4.79 Å². The number of hydrogen-bond acceptors (Lipinski definition) is 7. The number of carbonyl (C=O) groups is 1. The fourth-order valence-electron chi connectivity index (χ4n) is 4.31. The van der Waals surface area contributed by atoms with Gasteiger partial charge in [-0.1, -0.05) is 6.07 Å². The molecule has 1 aromatic heterocycles. The Balaban J connectivity index is 1.40. The van der Waals surface area contributed by atoms with Gasteiger partial charge in [-0.25, -0.2) is 0 Å². The Kier molecular flexibility index (Phi) is 6.37. The van der Waals surface area contributed by atoms with Gasteiger partial charge in [-0.05, 0) is 59.3 Å². The summed E-state index contributed by atoms with van der Waals surface area (Å²) in [6.07, 6.45) is 0.776. The lowest BCUT2D eigenvalue weighted by atomic mass is 9.91. The smallest absolute Gasteiger partial charge is 0.233 e. The molecule has 1 atom stereocenters. The fourth-order valence-corrected chi connectivity index (χ4v) is 5.97. The minimum absolute atomic E-state index is 0.105. The summed E-state index contributed by atoms with van der Waals surface area (Å²) in [6, 6.07) is 13.9. The molecule has 2 aliphatic rings. The number of carbonyl (C=O) groups excluding carboxylic acids is 1. The van der Waals surface area contributed by atoms with E-state index in [1.165, 1.54) is 17.3 Å². The van der Waals surface area contributed by atoms with Crippen molar-refractivity contribution in [1.82, 2.24) is 4.90 Å². The third-order valence-corrected chi connectivity index (χ3v) is 7.79. The van der Waals surface area contributed by atoms with Crippen molar-refractivity contribution in [2.75, 3.05) is 39.7 Å². The van der Waals surface area contributed by atoms with Crippen molar-refractivity contribution in [2.45, 2.75) is 17.4 Å². The van der Waals surface area contributed by atoms with Gasteiger partial charge in [0.1, 0.15) is 13.2 Å². The van der Waals surface area contributed by atoms with Crippen molar-refractivity contribution in [1.29, 1.82) is 0 Å². The molecular formula is C25H25NO5S2. The molecule has 1 unspecified atom stereocenters. The number of hydrogen-bond donors (Lipinski definition) is 0. The maximum absolute atomic E-state index is 13.5.